The average Bonchev–Trinajstić information content (AvgIpc) is 2.83. The van der Waals surface area contributed by atoms with Crippen molar-refractivity contribution in [1.82, 2.24) is 19.8 Å². The number of carbonyl (C=O) groups excluding carboxylic acids is 1. The van der Waals surface area contributed by atoms with E-state index in [1.165, 1.54) is 45.2 Å². The lowest BCUT2D eigenvalue weighted by atomic mass is 9.83. The number of rotatable bonds is 10. The van der Waals surface area contributed by atoms with E-state index in [0.717, 1.165) is 19.5 Å². The molecule has 1 N–H and O–H groups in total. The second-order valence-corrected chi connectivity index (χ2v) is 9.57. The van der Waals surface area contributed by atoms with E-state index < -0.39 is 0 Å². The number of ether oxygens (including phenoxy) is 1. The van der Waals surface area contributed by atoms with Gasteiger partial charge >= 0.3 is 0 Å². The summed E-state index contributed by atoms with van der Waals surface area (Å²) in [6.45, 7) is 4.72. The molecule has 0 bridgehead atoms. The summed E-state index contributed by atoms with van der Waals surface area (Å²) in [6.07, 6.45) is 8.97. The molecule has 2 saturated heterocycles. The number of aromatic nitrogens is 2. The Balaban J connectivity index is 1.35. The number of aryl methyl sites for hydroxylation is 1. The van der Waals surface area contributed by atoms with Crippen LogP contribution in [0.15, 0.2) is 29.1 Å². The number of hydrogen-bond donors (Lipinski definition) is 1. The largest absolute Gasteiger partial charge is 0.385 e. The Morgan fingerprint density at radius 1 is 1.18 bits per heavy atom. The first kappa shape index (κ1) is 23.9. The zero-order valence-corrected chi connectivity index (χ0v) is 19.9. The molecule has 7 heteroatoms. The minimum absolute atomic E-state index is 0.113. The van der Waals surface area contributed by atoms with Gasteiger partial charge in [0.2, 0.25) is 5.91 Å². The summed E-state index contributed by atoms with van der Waals surface area (Å²) in [4.78, 5) is 37.7. The van der Waals surface area contributed by atoms with Gasteiger partial charge in [-0.3, -0.25) is 9.59 Å². The van der Waals surface area contributed by atoms with Crippen LogP contribution in [0.5, 0.6) is 0 Å². The van der Waals surface area contributed by atoms with Crippen molar-refractivity contribution in [3.05, 3.63) is 40.4 Å². The molecule has 0 radical (unpaired) electrons. The summed E-state index contributed by atoms with van der Waals surface area (Å²) < 4.78 is 5.24. The highest BCUT2D eigenvalue weighted by Crippen LogP contribution is 2.31. The zero-order chi connectivity index (χ0) is 23.0. The van der Waals surface area contributed by atoms with Crippen LogP contribution in [0.2, 0.25) is 0 Å². The fourth-order valence-electron chi connectivity index (χ4n) is 5.61. The van der Waals surface area contributed by atoms with E-state index in [4.69, 9.17) is 4.74 Å². The molecule has 33 heavy (non-hydrogen) atoms. The van der Waals surface area contributed by atoms with E-state index in [0.29, 0.717) is 54.6 Å². The number of piperidine rings is 2. The van der Waals surface area contributed by atoms with Gasteiger partial charge in [-0.05, 0) is 69.7 Å². The molecule has 0 spiro atoms. The predicted molar refractivity (Wildman–Crippen MR) is 130 cm³/mol. The fraction of sp³-hybridized carbons (Fsp3) is 0.654. The quantitative estimate of drug-likeness (QED) is 0.557. The van der Waals surface area contributed by atoms with E-state index >= 15 is 0 Å². The van der Waals surface area contributed by atoms with Crippen LogP contribution >= 0.6 is 0 Å². The lowest BCUT2D eigenvalue weighted by Gasteiger charge is -2.45. The van der Waals surface area contributed by atoms with Crippen LogP contribution in [0.1, 0.15) is 57.2 Å². The summed E-state index contributed by atoms with van der Waals surface area (Å²) >= 11 is 0. The van der Waals surface area contributed by atoms with Crippen LogP contribution in [0.4, 0.5) is 0 Å². The van der Waals surface area contributed by atoms with Crippen molar-refractivity contribution in [3.8, 4) is 0 Å². The average molecular weight is 455 g/mol. The molecule has 1 aromatic heterocycles. The van der Waals surface area contributed by atoms with Gasteiger partial charge in [0.1, 0.15) is 5.82 Å². The van der Waals surface area contributed by atoms with Gasteiger partial charge in [-0.15, -0.1) is 0 Å². The summed E-state index contributed by atoms with van der Waals surface area (Å²) in [7, 11) is 1.71. The zero-order valence-electron chi connectivity index (χ0n) is 19.9. The lowest BCUT2D eigenvalue weighted by molar-refractivity contribution is -0.133. The van der Waals surface area contributed by atoms with Crippen molar-refractivity contribution < 1.29 is 9.53 Å². The summed E-state index contributed by atoms with van der Waals surface area (Å²) in [6, 6.07) is 8.01. The molecule has 0 unspecified atom stereocenters. The molecule has 7 nitrogen and oxygen atoms in total. The van der Waals surface area contributed by atoms with Crippen molar-refractivity contribution in [2.75, 3.05) is 39.9 Å². The van der Waals surface area contributed by atoms with Crippen molar-refractivity contribution in [3.63, 3.8) is 0 Å². The number of aromatic amines is 1. The van der Waals surface area contributed by atoms with E-state index in [-0.39, 0.29) is 11.5 Å². The Morgan fingerprint density at radius 2 is 2.03 bits per heavy atom. The number of methoxy groups -OCH3 is 1. The highest BCUT2D eigenvalue weighted by Gasteiger charge is 2.34. The molecule has 0 aliphatic carbocycles. The maximum atomic E-state index is 13.2. The molecule has 1 amide bonds. The minimum Gasteiger partial charge on any atom is -0.385 e. The van der Waals surface area contributed by atoms with Gasteiger partial charge in [0.25, 0.3) is 5.56 Å². The van der Waals surface area contributed by atoms with Gasteiger partial charge in [0.05, 0.1) is 10.9 Å². The highest BCUT2D eigenvalue weighted by molar-refractivity contribution is 5.77. The first-order valence-corrected chi connectivity index (χ1v) is 12.6. The Morgan fingerprint density at radius 3 is 2.91 bits per heavy atom. The summed E-state index contributed by atoms with van der Waals surface area (Å²) in [5.41, 5.74) is 0.593. The molecule has 2 aliphatic heterocycles. The normalized spacial score (nSPS) is 21.1. The number of para-hydroxylation sites is 1. The molecular formula is C26H38N4O3. The first-order valence-electron chi connectivity index (χ1n) is 12.6. The molecule has 3 heterocycles. The van der Waals surface area contributed by atoms with Crippen LogP contribution in [-0.4, -0.2) is 71.6 Å². The standard InChI is InChI=1S/C26H38N4O3/c1-33-18-8-17-30(19-20-9-7-16-29-15-5-4-12-23(20)29)25(31)14-6-13-24-27-22-11-3-2-10-21(22)26(32)28-24/h2-3,10-11,20,23H,4-9,12-19H2,1H3,(H,27,28,32)/t20-,23-/m1/s1. The maximum absolute atomic E-state index is 13.2. The lowest BCUT2D eigenvalue weighted by Crippen LogP contribution is -2.51. The topological polar surface area (TPSA) is 78.5 Å². The number of amides is 1. The molecular weight excluding hydrogens is 416 g/mol. The number of fused-ring (bicyclic) bond motifs is 2. The van der Waals surface area contributed by atoms with Gasteiger partial charge in [-0.1, -0.05) is 18.6 Å². The molecule has 2 fully saturated rings. The number of H-pyrrole nitrogens is 1. The second-order valence-electron chi connectivity index (χ2n) is 9.57. The van der Waals surface area contributed by atoms with Gasteiger partial charge in [-0.2, -0.15) is 0 Å². The number of hydrogen-bond acceptors (Lipinski definition) is 5. The predicted octanol–water partition coefficient (Wildman–Crippen LogP) is 3.38. The van der Waals surface area contributed by atoms with Crippen LogP contribution in [-0.2, 0) is 16.0 Å². The van der Waals surface area contributed by atoms with E-state index in [1.54, 1.807) is 13.2 Å². The molecule has 2 atom stereocenters. The van der Waals surface area contributed by atoms with Crippen molar-refractivity contribution in [2.45, 2.75) is 63.8 Å². The highest BCUT2D eigenvalue weighted by atomic mass is 16.5. The Hall–Kier alpha value is -2.25. The van der Waals surface area contributed by atoms with Crippen molar-refractivity contribution in [2.24, 2.45) is 5.92 Å². The van der Waals surface area contributed by atoms with Gasteiger partial charge < -0.3 is 19.5 Å². The maximum Gasteiger partial charge on any atom is 0.258 e. The number of nitrogens with zero attached hydrogens (tertiary/aromatic N) is 3. The molecule has 2 aliphatic rings. The molecule has 1 aromatic carbocycles. The Kier molecular flexibility index (Phi) is 8.51. The number of benzene rings is 1. The van der Waals surface area contributed by atoms with E-state index in [1.807, 2.05) is 18.2 Å². The van der Waals surface area contributed by atoms with Crippen molar-refractivity contribution >= 4 is 16.8 Å². The number of nitrogens with one attached hydrogen (secondary N) is 1. The number of carbonyl (C=O) groups is 1. The van der Waals surface area contributed by atoms with Gasteiger partial charge in [0, 0.05) is 45.7 Å². The fourth-order valence-corrected chi connectivity index (χ4v) is 5.61. The Labute approximate surface area is 196 Å². The van der Waals surface area contributed by atoms with Crippen LogP contribution < -0.4 is 5.56 Å². The third-order valence-corrected chi connectivity index (χ3v) is 7.28. The molecule has 2 aromatic rings. The first-order chi connectivity index (χ1) is 16.2. The van der Waals surface area contributed by atoms with Crippen molar-refractivity contribution in [1.29, 1.82) is 0 Å². The monoisotopic (exact) mass is 454 g/mol. The third-order valence-electron chi connectivity index (χ3n) is 7.28. The molecule has 0 saturated carbocycles. The summed E-state index contributed by atoms with van der Waals surface area (Å²) in [5.74, 6) is 1.44. The molecule has 4 rings (SSSR count). The van der Waals surface area contributed by atoms with Gasteiger partial charge in [-0.25, -0.2) is 4.98 Å². The van der Waals surface area contributed by atoms with Crippen LogP contribution in [0.25, 0.3) is 10.9 Å². The van der Waals surface area contributed by atoms with E-state index in [9.17, 15) is 9.59 Å². The smallest absolute Gasteiger partial charge is 0.258 e. The van der Waals surface area contributed by atoms with Crippen LogP contribution in [0.3, 0.4) is 0 Å². The third kappa shape index (κ3) is 6.21. The second kappa shape index (κ2) is 11.7. The minimum atomic E-state index is -0.113. The SMILES string of the molecule is COCCCN(C[C@H]1CCCN2CCCC[C@H]12)C(=O)CCCc1nc2ccccc2c(=O)[nH]1. The Bertz CT molecular complexity index is 973. The molecule has 180 valence electrons. The van der Waals surface area contributed by atoms with Gasteiger partial charge in [0.15, 0.2) is 0 Å². The summed E-state index contributed by atoms with van der Waals surface area (Å²) in [5, 5.41) is 0.603. The van der Waals surface area contributed by atoms with Crippen LogP contribution in [0, 0.1) is 5.92 Å². The van der Waals surface area contributed by atoms with E-state index in [2.05, 4.69) is 19.8 Å².